The molecule has 0 aliphatic heterocycles. The molecule has 0 spiro atoms. The molecule has 0 amide bonds. The van der Waals surface area contributed by atoms with E-state index in [0.717, 1.165) is 16.7 Å². The third-order valence-corrected chi connectivity index (χ3v) is 4.85. The van der Waals surface area contributed by atoms with Crippen LogP contribution < -0.4 is 0 Å². The molecule has 2 rings (SSSR count). The van der Waals surface area contributed by atoms with E-state index in [1.165, 1.54) is 23.8 Å². The number of hydrogen-bond acceptors (Lipinski definition) is 2. The van der Waals surface area contributed by atoms with Crippen LogP contribution in [-0.4, -0.2) is 25.3 Å². The second-order valence-corrected chi connectivity index (χ2v) is 7.22. The van der Waals surface area contributed by atoms with E-state index >= 15 is 0 Å². The molecule has 4 heteroatoms. The van der Waals surface area contributed by atoms with Crippen LogP contribution >= 0.6 is 0 Å². The average Bonchev–Trinajstić information content (AvgIpc) is 2.60. The highest BCUT2D eigenvalue weighted by atomic mass is 19.1. The quantitative estimate of drug-likeness (QED) is 0.432. The van der Waals surface area contributed by atoms with E-state index in [4.69, 9.17) is 4.84 Å². The van der Waals surface area contributed by atoms with Crippen molar-refractivity contribution < 1.29 is 13.6 Å². The number of allylic oxidation sites excluding steroid dienone is 1. The number of nitrogens with zero attached hydrogens (tertiary/aromatic N) is 1. The van der Waals surface area contributed by atoms with Gasteiger partial charge in [0.1, 0.15) is 11.6 Å². The molecule has 2 aromatic rings. The van der Waals surface area contributed by atoms with Crippen molar-refractivity contribution in [3.63, 3.8) is 0 Å². The zero-order valence-corrected chi connectivity index (χ0v) is 16.9. The molecule has 0 aliphatic rings. The van der Waals surface area contributed by atoms with Gasteiger partial charge < -0.3 is 4.84 Å². The lowest BCUT2D eigenvalue weighted by atomic mass is 9.85. The molecule has 1 atom stereocenters. The fourth-order valence-corrected chi connectivity index (χ4v) is 3.46. The molecular weight excluding hydrogens is 344 g/mol. The number of benzene rings is 2. The fraction of sp³-hybridized carbons (Fsp3) is 0.391. The lowest BCUT2D eigenvalue weighted by molar-refractivity contribution is -0.126. The maximum atomic E-state index is 14.3. The van der Waals surface area contributed by atoms with Crippen LogP contribution in [0.15, 0.2) is 48.0 Å². The molecular formula is C23H29F2NO. The zero-order valence-electron chi connectivity index (χ0n) is 16.9. The van der Waals surface area contributed by atoms with Gasteiger partial charge in [0.2, 0.25) is 0 Å². The van der Waals surface area contributed by atoms with Crippen LogP contribution in [-0.2, 0) is 11.3 Å². The van der Waals surface area contributed by atoms with Gasteiger partial charge in [-0.15, -0.1) is 0 Å². The second-order valence-electron chi connectivity index (χ2n) is 7.22. The second kappa shape index (κ2) is 9.77. The van der Waals surface area contributed by atoms with Gasteiger partial charge in [0.25, 0.3) is 0 Å². The molecule has 0 aromatic heterocycles. The lowest BCUT2D eigenvalue weighted by Crippen LogP contribution is -2.30. The summed E-state index contributed by atoms with van der Waals surface area (Å²) in [4.78, 5) is 5.53. The third kappa shape index (κ3) is 5.72. The number of hydrogen-bond donors (Lipinski definition) is 0. The summed E-state index contributed by atoms with van der Waals surface area (Å²) in [5, 5.41) is 1.84. The molecule has 1 unspecified atom stereocenters. The molecule has 0 bridgehead atoms. The van der Waals surface area contributed by atoms with Gasteiger partial charge >= 0.3 is 0 Å². The minimum absolute atomic E-state index is 0.0943. The van der Waals surface area contributed by atoms with Crippen molar-refractivity contribution in [3.05, 3.63) is 81.9 Å². The zero-order chi connectivity index (χ0) is 20.0. The molecule has 0 saturated heterocycles. The normalized spacial score (nSPS) is 12.3. The Morgan fingerprint density at radius 3 is 2.11 bits per heavy atom. The average molecular weight is 373 g/mol. The molecule has 0 aliphatic carbocycles. The molecule has 2 nitrogen and oxygen atoms in total. The summed E-state index contributed by atoms with van der Waals surface area (Å²) in [6.07, 6.45) is 2.35. The Labute approximate surface area is 161 Å². The Kier molecular flexibility index (Phi) is 7.69. The SMILES string of the molecule is CON(CC=C(C)C)CC(Cc1c(F)cccc1F)c1c(C)cccc1C. The minimum Gasteiger partial charge on any atom is -0.302 e. The van der Waals surface area contributed by atoms with Gasteiger partial charge in [0.05, 0.1) is 7.11 Å². The summed E-state index contributed by atoms with van der Waals surface area (Å²) >= 11 is 0. The van der Waals surface area contributed by atoms with E-state index in [2.05, 4.69) is 6.08 Å². The summed E-state index contributed by atoms with van der Waals surface area (Å²) in [7, 11) is 1.63. The highest BCUT2D eigenvalue weighted by molar-refractivity contribution is 5.38. The summed E-state index contributed by atoms with van der Waals surface area (Å²) in [5.41, 5.74) is 4.69. The first-order valence-electron chi connectivity index (χ1n) is 9.24. The van der Waals surface area contributed by atoms with Gasteiger partial charge in [-0.25, -0.2) is 8.78 Å². The summed E-state index contributed by atoms with van der Waals surface area (Å²) in [5.74, 6) is -1.10. The van der Waals surface area contributed by atoms with Crippen molar-refractivity contribution in [1.82, 2.24) is 5.06 Å². The molecule has 146 valence electrons. The molecule has 27 heavy (non-hydrogen) atoms. The van der Waals surface area contributed by atoms with E-state index in [-0.39, 0.29) is 17.9 Å². The molecule has 2 aromatic carbocycles. The van der Waals surface area contributed by atoms with Crippen LogP contribution in [0.5, 0.6) is 0 Å². The van der Waals surface area contributed by atoms with Crippen molar-refractivity contribution in [1.29, 1.82) is 0 Å². The van der Waals surface area contributed by atoms with Gasteiger partial charge in [-0.3, -0.25) is 0 Å². The van der Waals surface area contributed by atoms with Crippen LogP contribution in [0.2, 0.25) is 0 Å². The highest BCUT2D eigenvalue weighted by Crippen LogP contribution is 2.30. The Morgan fingerprint density at radius 2 is 1.59 bits per heavy atom. The van der Waals surface area contributed by atoms with E-state index in [9.17, 15) is 8.78 Å². The van der Waals surface area contributed by atoms with E-state index < -0.39 is 11.6 Å². The largest absolute Gasteiger partial charge is 0.302 e. The van der Waals surface area contributed by atoms with Crippen molar-refractivity contribution in [2.45, 2.75) is 40.0 Å². The lowest BCUT2D eigenvalue weighted by Gasteiger charge is -2.28. The van der Waals surface area contributed by atoms with E-state index in [0.29, 0.717) is 13.1 Å². The first-order valence-corrected chi connectivity index (χ1v) is 9.24. The summed E-state index contributed by atoms with van der Waals surface area (Å²) in [6.45, 7) is 9.32. The smallest absolute Gasteiger partial charge is 0.129 e. The first-order chi connectivity index (χ1) is 12.8. The number of rotatable bonds is 8. The van der Waals surface area contributed by atoms with Crippen LogP contribution in [0.25, 0.3) is 0 Å². The van der Waals surface area contributed by atoms with Gasteiger partial charge in [-0.2, -0.15) is 5.06 Å². The summed E-state index contributed by atoms with van der Waals surface area (Å²) < 4.78 is 28.6. The monoisotopic (exact) mass is 373 g/mol. The van der Waals surface area contributed by atoms with Gasteiger partial charge in [0.15, 0.2) is 0 Å². The van der Waals surface area contributed by atoms with Crippen LogP contribution in [0.3, 0.4) is 0 Å². The maximum absolute atomic E-state index is 14.3. The van der Waals surface area contributed by atoms with Gasteiger partial charge in [-0.1, -0.05) is 35.9 Å². The topological polar surface area (TPSA) is 12.5 Å². The first kappa shape index (κ1) is 21.3. The summed E-state index contributed by atoms with van der Waals surface area (Å²) in [6, 6.07) is 10.1. The van der Waals surface area contributed by atoms with Crippen LogP contribution in [0.4, 0.5) is 8.78 Å². The Morgan fingerprint density at radius 1 is 1.04 bits per heavy atom. The predicted octanol–water partition coefficient (Wildman–Crippen LogP) is 5.74. The van der Waals surface area contributed by atoms with E-state index in [1.54, 1.807) is 7.11 Å². The Hall–Kier alpha value is -2.04. The predicted molar refractivity (Wildman–Crippen MR) is 107 cm³/mol. The van der Waals surface area contributed by atoms with Crippen LogP contribution in [0, 0.1) is 25.5 Å². The highest BCUT2D eigenvalue weighted by Gasteiger charge is 2.23. The minimum atomic E-state index is -0.500. The standard InChI is InChI=1S/C23H29F2NO/c1-16(2)12-13-26(27-5)15-19(23-17(3)8-6-9-18(23)4)14-20-21(24)10-7-11-22(20)25/h6-12,19H,13-15H2,1-5H3. The Balaban J connectivity index is 2.41. The fourth-order valence-electron chi connectivity index (χ4n) is 3.46. The molecule has 0 saturated carbocycles. The van der Waals surface area contributed by atoms with Crippen molar-refractivity contribution in [3.8, 4) is 0 Å². The van der Waals surface area contributed by atoms with Gasteiger partial charge in [0, 0.05) is 24.6 Å². The molecule has 0 N–H and O–H groups in total. The van der Waals surface area contributed by atoms with Crippen molar-refractivity contribution in [2.24, 2.45) is 0 Å². The van der Waals surface area contributed by atoms with Crippen molar-refractivity contribution >= 4 is 0 Å². The van der Waals surface area contributed by atoms with Crippen LogP contribution in [0.1, 0.15) is 42.0 Å². The number of hydroxylamine groups is 2. The molecule has 0 fully saturated rings. The number of halogens is 2. The molecule has 0 heterocycles. The number of aryl methyl sites for hydroxylation is 2. The van der Waals surface area contributed by atoms with Crippen molar-refractivity contribution in [2.75, 3.05) is 20.2 Å². The van der Waals surface area contributed by atoms with E-state index in [1.807, 2.05) is 51.0 Å². The molecule has 0 radical (unpaired) electrons. The third-order valence-electron chi connectivity index (χ3n) is 4.85. The van der Waals surface area contributed by atoms with Gasteiger partial charge in [-0.05, 0) is 62.9 Å². The maximum Gasteiger partial charge on any atom is 0.129 e. The Bertz CT molecular complexity index is 756.